The minimum absolute atomic E-state index is 0.0688. The molecule has 1 heterocycles. The standard InChI is InChI=1S/C12H10FNO4S2/c1-7-6-8(2-3-9(7)13)14-20(17,18)11-5-4-10(19-11)12(15)16/h2-6,14H,1H3,(H,15,16). The van der Waals surface area contributed by atoms with Crippen molar-refractivity contribution >= 4 is 33.0 Å². The number of nitrogens with one attached hydrogen (secondary N) is 1. The van der Waals surface area contributed by atoms with Gasteiger partial charge in [-0.2, -0.15) is 0 Å². The summed E-state index contributed by atoms with van der Waals surface area (Å²) >= 11 is 0.650. The third-order valence-corrected chi connectivity index (χ3v) is 5.41. The third kappa shape index (κ3) is 2.97. The van der Waals surface area contributed by atoms with Crippen molar-refractivity contribution in [3.63, 3.8) is 0 Å². The lowest BCUT2D eigenvalue weighted by Crippen LogP contribution is -2.11. The quantitative estimate of drug-likeness (QED) is 0.908. The summed E-state index contributed by atoms with van der Waals surface area (Å²) in [7, 11) is -3.87. The Balaban J connectivity index is 2.30. The van der Waals surface area contributed by atoms with Gasteiger partial charge in [0.2, 0.25) is 0 Å². The van der Waals surface area contributed by atoms with E-state index < -0.39 is 21.8 Å². The zero-order chi connectivity index (χ0) is 14.9. The van der Waals surface area contributed by atoms with Gasteiger partial charge < -0.3 is 5.11 Å². The Morgan fingerprint density at radius 2 is 2.00 bits per heavy atom. The van der Waals surface area contributed by atoms with Crippen LogP contribution in [-0.2, 0) is 10.0 Å². The monoisotopic (exact) mass is 315 g/mol. The lowest BCUT2D eigenvalue weighted by molar-refractivity contribution is 0.0702. The Morgan fingerprint density at radius 1 is 1.30 bits per heavy atom. The molecular formula is C12H10FNO4S2. The van der Waals surface area contributed by atoms with E-state index in [0.717, 1.165) is 6.07 Å². The molecule has 0 saturated carbocycles. The van der Waals surface area contributed by atoms with E-state index in [4.69, 9.17) is 5.11 Å². The first kappa shape index (κ1) is 14.5. The van der Waals surface area contributed by atoms with Crippen molar-refractivity contribution in [1.29, 1.82) is 0 Å². The van der Waals surface area contributed by atoms with Gasteiger partial charge in [-0.3, -0.25) is 4.72 Å². The molecule has 0 fully saturated rings. The normalized spacial score (nSPS) is 11.3. The van der Waals surface area contributed by atoms with Gasteiger partial charge in [0, 0.05) is 5.69 Å². The highest BCUT2D eigenvalue weighted by atomic mass is 32.2. The highest BCUT2D eigenvalue weighted by molar-refractivity contribution is 7.94. The topological polar surface area (TPSA) is 83.5 Å². The number of anilines is 1. The lowest BCUT2D eigenvalue weighted by Gasteiger charge is -2.07. The van der Waals surface area contributed by atoms with Gasteiger partial charge in [0.15, 0.2) is 0 Å². The maximum Gasteiger partial charge on any atom is 0.345 e. The smallest absolute Gasteiger partial charge is 0.345 e. The van der Waals surface area contributed by atoms with Crippen LogP contribution in [0.5, 0.6) is 0 Å². The molecule has 5 nitrogen and oxygen atoms in total. The number of halogens is 1. The molecule has 2 aromatic rings. The lowest BCUT2D eigenvalue weighted by atomic mass is 10.2. The zero-order valence-electron chi connectivity index (χ0n) is 10.3. The van der Waals surface area contributed by atoms with Crippen LogP contribution in [0, 0.1) is 12.7 Å². The fraction of sp³-hybridized carbons (Fsp3) is 0.0833. The molecule has 0 unspecified atom stereocenters. The Morgan fingerprint density at radius 3 is 2.55 bits per heavy atom. The number of aromatic carboxylic acids is 1. The minimum atomic E-state index is -3.87. The van der Waals surface area contributed by atoms with Crippen molar-refractivity contribution in [2.24, 2.45) is 0 Å². The van der Waals surface area contributed by atoms with Gasteiger partial charge in [-0.05, 0) is 42.8 Å². The van der Waals surface area contributed by atoms with Crippen LogP contribution in [0.1, 0.15) is 15.2 Å². The van der Waals surface area contributed by atoms with Gasteiger partial charge in [-0.25, -0.2) is 17.6 Å². The summed E-state index contributed by atoms with van der Waals surface area (Å²) < 4.78 is 39.4. The molecule has 0 radical (unpaired) electrons. The third-order valence-electron chi connectivity index (χ3n) is 2.47. The molecule has 0 aliphatic rings. The van der Waals surface area contributed by atoms with Crippen LogP contribution < -0.4 is 4.72 Å². The summed E-state index contributed by atoms with van der Waals surface area (Å²) in [6.45, 7) is 1.51. The number of thiophene rings is 1. The van der Waals surface area contributed by atoms with Crippen molar-refractivity contribution in [2.75, 3.05) is 4.72 Å². The van der Waals surface area contributed by atoms with E-state index in [1.807, 2.05) is 0 Å². The van der Waals surface area contributed by atoms with E-state index in [-0.39, 0.29) is 14.8 Å². The number of aryl methyl sites for hydroxylation is 1. The molecule has 0 amide bonds. The Hall–Kier alpha value is -1.93. The van der Waals surface area contributed by atoms with Crippen LogP contribution >= 0.6 is 11.3 Å². The van der Waals surface area contributed by atoms with Crippen molar-refractivity contribution in [3.8, 4) is 0 Å². The Labute approximate surface area is 118 Å². The van der Waals surface area contributed by atoms with Gasteiger partial charge in [0.05, 0.1) is 0 Å². The fourth-order valence-electron chi connectivity index (χ4n) is 1.49. The second kappa shape index (κ2) is 5.22. The van der Waals surface area contributed by atoms with Crippen molar-refractivity contribution in [3.05, 3.63) is 46.6 Å². The fourth-order valence-corrected chi connectivity index (χ4v) is 3.69. The first-order valence-electron chi connectivity index (χ1n) is 5.42. The maximum atomic E-state index is 13.1. The number of carboxylic acids is 1. The first-order chi connectivity index (χ1) is 9.29. The average molecular weight is 315 g/mol. The molecule has 0 saturated heterocycles. The number of benzene rings is 1. The van der Waals surface area contributed by atoms with Gasteiger partial charge >= 0.3 is 5.97 Å². The number of carbonyl (C=O) groups is 1. The van der Waals surface area contributed by atoms with Gasteiger partial charge in [-0.1, -0.05) is 0 Å². The molecule has 0 atom stereocenters. The number of carboxylic acid groups (broad SMARTS) is 1. The van der Waals surface area contributed by atoms with Crippen molar-refractivity contribution in [1.82, 2.24) is 0 Å². The SMILES string of the molecule is Cc1cc(NS(=O)(=O)c2ccc(C(=O)O)s2)ccc1F. The molecular weight excluding hydrogens is 305 g/mol. The molecule has 0 spiro atoms. The Kier molecular flexibility index (Phi) is 3.78. The Bertz CT molecular complexity index is 768. The van der Waals surface area contributed by atoms with Crippen LogP contribution in [0.2, 0.25) is 0 Å². The second-order valence-corrected chi connectivity index (χ2v) is 6.99. The first-order valence-corrected chi connectivity index (χ1v) is 7.71. The predicted molar refractivity (Wildman–Crippen MR) is 73.2 cm³/mol. The zero-order valence-corrected chi connectivity index (χ0v) is 11.9. The van der Waals surface area contributed by atoms with Crippen LogP contribution in [-0.4, -0.2) is 19.5 Å². The molecule has 0 bridgehead atoms. The van der Waals surface area contributed by atoms with E-state index in [0.29, 0.717) is 16.9 Å². The van der Waals surface area contributed by atoms with E-state index in [1.165, 1.54) is 31.2 Å². The molecule has 106 valence electrons. The van der Waals surface area contributed by atoms with Crippen LogP contribution in [0.15, 0.2) is 34.5 Å². The van der Waals surface area contributed by atoms with E-state index in [1.54, 1.807) is 0 Å². The average Bonchev–Trinajstić information content (AvgIpc) is 2.84. The number of hydrogen-bond donors (Lipinski definition) is 2. The van der Waals surface area contributed by atoms with Crippen molar-refractivity contribution in [2.45, 2.75) is 11.1 Å². The maximum absolute atomic E-state index is 13.1. The van der Waals surface area contributed by atoms with Crippen molar-refractivity contribution < 1.29 is 22.7 Å². The van der Waals surface area contributed by atoms with Crippen LogP contribution in [0.3, 0.4) is 0 Å². The second-order valence-electron chi connectivity index (χ2n) is 3.99. The van der Waals surface area contributed by atoms with Gasteiger partial charge in [0.25, 0.3) is 10.0 Å². The molecule has 0 aliphatic heterocycles. The summed E-state index contributed by atoms with van der Waals surface area (Å²) in [6.07, 6.45) is 0. The summed E-state index contributed by atoms with van der Waals surface area (Å²) in [5.74, 6) is -1.62. The molecule has 2 rings (SSSR count). The summed E-state index contributed by atoms with van der Waals surface area (Å²) in [5, 5.41) is 8.77. The molecule has 0 aliphatic carbocycles. The predicted octanol–water partition coefficient (Wildman–Crippen LogP) is 2.69. The summed E-state index contributed by atoms with van der Waals surface area (Å²) in [5.41, 5.74) is 0.525. The summed E-state index contributed by atoms with van der Waals surface area (Å²) in [6, 6.07) is 6.25. The molecule has 20 heavy (non-hydrogen) atoms. The van der Waals surface area contributed by atoms with E-state index in [2.05, 4.69) is 4.72 Å². The molecule has 8 heteroatoms. The highest BCUT2D eigenvalue weighted by Crippen LogP contribution is 2.24. The summed E-state index contributed by atoms with van der Waals surface area (Å²) in [4.78, 5) is 10.7. The van der Waals surface area contributed by atoms with Gasteiger partial charge in [0.1, 0.15) is 14.9 Å². The molecule has 1 aromatic heterocycles. The minimum Gasteiger partial charge on any atom is -0.477 e. The number of rotatable bonds is 4. The van der Waals surface area contributed by atoms with Crippen LogP contribution in [0.25, 0.3) is 0 Å². The molecule has 2 N–H and O–H groups in total. The van der Waals surface area contributed by atoms with Gasteiger partial charge in [-0.15, -0.1) is 11.3 Å². The number of sulfonamides is 1. The van der Waals surface area contributed by atoms with Crippen LogP contribution in [0.4, 0.5) is 10.1 Å². The highest BCUT2D eigenvalue weighted by Gasteiger charge is 2.19. The largest absolute Gasteiger partial charge is 0.477 e. The van der Waals surface area contributed by atoms with E-state index in [9.17, 15) is 17.6 Å². The molecule has 1 aromatic carbocycles. The van der Waals surface area contributed by atoms with E-state index >= 15 is 0 Å². The number of hydrogen-bond acceptors (Lipinski definition) is 4.